The molecule has 0 aliphatic heterocycles. The molecular formula is C17H20O. The molecule has 2 aromatic carbocycles. The number of aldehydes is 1. The van der Waals surface area contributed by atoms with Crippen LogP contribution < -0.4 is 0 Å². The number of carbonyl (C=O) groups excluding carboxylic acids is 1. The maximum atomic E-state index is 10.5. The van der Waals surface area contributed by atoms with E-state index >= 15 is 0 Å². The lowest BCUT2D eigenvalue weighted by atomic mass is 9.82. The lowest BCUT2D eigenvalue weighted by Gasteiger charge is -2.22. The Labute approximate surface area is 109 Å². The molecule has 0 spiro atoms. The zero-order chi connectivity index (χ0) is 13.2. The van der Waals surface area contributed by atoms with Gasteiger partial charge in [-0.15, -0.1) is 0 Å². The summed E-state index contributed by atoms with van der Waals surface area (Å²) >= 11 is 0. The monoisotopic (exact) mass is 240 g/mol. The summed E-state index contributed by atoms with van der Waals surface area (Å²) in [6.07, 6.45) is 2.42. The van der Waals surface area contributed by atoms with Crippen molar-refractivity contribution in [2.24, 2.45) is 0 Å². The number of hydrogen-bond donors (Lipinski definition) is 0. The number of fused-ring (bicyclic) bond motifs is 1. The van der Waals surface area contributed by atoms with E-state index in [4.69, 9.17) is 0 Å². The van der Waals surface area contributed by atoms with Gasteiger partial charge in [0.05, 0.1) is 0 Å². The lowest BCUT2D eigenvalue weighted by Crippen LogP contribution is -2.12. The molecule has 0 atom stereocenters. The summed E-state index contributed by atoms with van der Waals surface area (Å²) in [4.78, 5) is 10.5. The van der Waals surface area contributed by atoms with Crippen LogP contribution in [0.4, 0.5) is 0 Å². The minimum absolute atomic E-state index is 0.142. The molecule has 1 heteroatoms. The fraction of sp³-hybridized carbons (Fsp3) is 0.353. The first-order valence-electron chi connectivity index (χ1n) is 6.49. The fourth-order valence-corrected chi connectivity index (χ4v) is 2.45. The van der Waals surface area contributed by atoms with Gasteiger partial charge in [-0.25, -0.2) is 0 Å². The highest BCUT2D eigenvalue weighted by Gasteiger charge is 2.17. The van der Waals surface area contributed by atoms with E-state index in [2.05, 4.69) is 57.2 Å². The van der Waals surface area contributed by atoms with Gasteiger partial charge >= 0.3 is 0 Å². The molecule has 0 heterocycles. The van der Waals surface area contributed by atoms with Gasteiger partial charge in [0.15, 0.2) is 0 Å². The molecule has 0 amide bonds. The maximum Gasteiger partial charge on any atom is 0.120 e. The Bertz CT molecular complexity index is 561. The van der Waals surface area contributed by atoms with E-state index in [1.54, 1.807) is 0 Å². The molecule has 0 fully saturated rings. The minimum Gasteiger partial charge on any atom is -0.303 e. The predicted octanol–water partition coefficient (Wildman–Crippen LogP) is 4.27. The Morgan fingerprint density at radius 1 is 1.00 bits per heavy atom. The average Bonchev–Trinajstić information content (AvgIpc) is 2.34. The molecule has 18 heavy (non-hydrogen) atoms. The normalized spacial score (nSPS) is 11.7. The first kappa shape index (κ1) is 12.8. The van der Waals surface area contributed by atoms with Crippen molar-refractivity contribution in [3.63, 3.8) is 0 Å². The van der Waals surface area contributed by atoms with E-state index in [-0.39, 0.29) is 5.41 Å². The van der Waals surface area contributed by atoms with Gasteiger partial charge in [0.1, 0.15) is 6.29 Å². The summed E-state index contributed by atoms with van der Waals surface area (Å²) in [5, 5.41) is 2.60. The van der Waals surface area contributed by atoms with Gasteiger partial charge in [-0.1, -0.05) is 57.2 Å². The van der Waals surface area contributed by atoms with Crippen molar-refractivity contribution in [1.29, 1.82) is 0 Å². The van der Waals surface area contributed by atoms with Gasteiger partial charge in [0.25, 0.3) is 0 Å². The number of rotatable bonds is 3. The van der Waals surface area contributed by atoms with Crippen LogP contribution in [0.1, 0.15) is 38.3 Å². The van der Waals surface area contributed by atoms with Gasteiger partial charge in [-0.2, -0.15) is 0 Å². The van der Waals surface area contributed by atoms with Crippen molar-refractivity contribution < 1.29 is 4.79 Å². The third kappa shape index (κ3) is 2.45. The zero-order valence-electron chi connectivity index (χ0n) is 11.4. The van der Waals surface area contributed by atoms with Crippen molar-refractivity contribution in [3.05, 3.63) is 47.5 Å². The first-order chi connectivity index (χ1) is 8.54. The molecule has 0 unspecified atom stereocenters. The molecule has 2 aromatic rings. The molecule has 2 rings (SSSR count). The number of benzene rings is 2. The second kappa shape index (κ2) is 4.93. The van der Waals surface area contributed by atoms with E-state index in [0.29, 0.717) is 6.42 Å². The lowest BCUT2D eigenvalue weighted by molar-refractivity contribution is -0.107. The van der Waals surface area contributed by atoms with E-state index in [1.165, 1.54) is 21.9 Å². The first-order valence-corrected chi connectivity index (χ1v) is 6.49. The smallest absolute Gasteiger partial charge is 0.120 e. The maximum absolute atomic E-state index is 10.5. The molecule has 0 aliphatic carbocycles. The quantitative estimate of drug-likeness (QED) is 0.732. The van der Waals surface area contributed by atoms with E-state index in [0.717, 1.165) is 12.7 Å². The van der Waals surface area contributed by atoms with Crippen LogP contribution >= 0.6 is 0 Å². The Hall–Kier alpha value is -1.63. The fourth-order valence-electron chi connectivity index (χ4n) is 2.45. The van der Waals surface area contributed by atoms with Crippen LogP contribution in [-0.2, 0) is 16.6 Å². The second-order valence-electron chi connectivity index (χ2n) is 5.77. The largest absolute Gasteiger partial charge is 0.303 e. The van der Waals surface area contributed by atoms with E-state index < -0.39 is 0 Å². The third-order valence-electron chi connectivity index (χ3n) is 3.35. The average molecular weight is 240 g/mol. The molecule has 0 bridgehead atoms. The SMILES string of the molecule is CC(C)(C)c1ccc(CCC=O)c2ccccc12. The highest BCUT2D eigenvalue weighted by molar-refractivity contribution is 5.89. The van der Waals surface area contributed by atoms with Gasteiger partial charge in [0.2, 0.25) is 0 Å². The van der Waals surface area contributed by atoms with Crippen LogP contribution in [0.15, 0.2) is 36.4 Å². The van der Waals surface area contributed by atoms with Gasteiger partial charge in [0, 0.05) is 6.42 Å². The minimum atomic E-state index is 0.142. The Morgan fingerprint density at radius 2 is 1.67 bits per heavy atom. The van der Waals surface area contributed by atoms with Crippen LogP contribution in [0.5, 0.6) is 0 Å². The Morgan fingerprint density at radius 3 is 2.28 bits per heavy atom. The third-order valence-corrected chi connectivity index (χ3v) is 3.35. The number of aryl methyl sites for hydroxylation is 1. The summed E-state index contributed by atoms with van der Waals surface area (Å²) in [7, 11) is 0. The van der Waals surface area contributed by atoms with Gasteiger partial charge in [-0.05, 0) is 33.7 Å². The molecular weight excluding hydrogens is 220 g/mol. The van der Waals surface area contributed by atoms with Crippen molar-refractivity contribution in [2.45, 2.75) is 39.0 Å². The second-order valence-corrected chi connectivity index (χ2v) is 5.77. The predicted molar refractivity (Wildman–Crippen MR) is 77.0 cm³/mol. The van der Waals surface area contributed by atoms with Gasteiger partial charge in [-0.3, -0.25) is 0 Å². The summed E-state index contributed by atoms with van der Waals surface area (Å²) in [5.41, 5.74) is 2.78. The van der Waals surface area contributed by atoms with Crippen LogP contribution in [0.3, 0.4) is 0 Å². The van der Waals surface area contributed by atoms with E-state index in [9.17, 15) is 4.79 Å². The molecule has 0 aliphatic rings. The van der Waals surface area contributed by atoms with Crippen molar-refractivity contribution in [3.8, 4) is 0 Å². The summed E-state index contributed by atoms with van der Waals surface area (Å²) < 4.78 is 0. The van der Waals surface area contributed by atoms with Crippen LogP contribution in [0.2, 0.25) is 0 Å². The van der Waals surface area contributed by atoms with Crippen molar-refractivity contribution >= 4 is 17.1 Å². The number of carbonyl (C=O) groups is 1. The Kier molecular flexibility index (Phi) is 3.51. The summed E-state index contributed by atoms with van der Waals surface area (Å²) in [5.74, 6) is 0. The molecule has 0 saturated heterocycles. The van der Waals surface area contributed by atoms with Crippen LogP contribution in [0, 0.1) is 0 Å². The standard InChI is InChI=1S/C17H20O/c1-17(2,3)16-11-10-13(7-6-12-18)14-8-4-5-9-15(14)16/h4-5,8-12H,6-7H2,1-3H3. The zero-order valence-corrected chi connectivity index (χ0v) is 11.4. The molecule has 0 N–H and O–H groups in total. The molecule has 94 valence electrons. The summed E-state index contributed by atoms with van der Waals surface area (Å²) in [6, 6.07) is 12.9. The number of hydrogen-bond acceptors (Lipinski definition) is 1. The summed E-state index contributed by atoms with van der Waals surface area (Å²) in [6.45, 7) is 6.71. The van der Waals surface area contributed by atoms with Crippen LogP contribution in [-0.4, -0.2) is 6.29 Å². The van der Waals surface area contributed by atoms with Crippen molar-refractivity contribution in [2.75, 3.05) is 0 Å². The van der Waals surface area contributed by atoms with Gasteiger partial charge < -0.3 is 4.79 Å². The van der Waals surface area contributed by atoms with Crippen LogP contribution in [0.25, 0.3) is 10.8 Å². The van der Waals surface area contributed by atoms with E-state index in [1.807, 2.05) is 0 Å². The topological polar surface area (TPSA) is 17.1 Å². The molecule has 0 aromatic heterocycles. The van der Waals surface area contributed by atoms with Crippen molar-refractivity contribution in [1.82, 2.24) is 0 Å². The highest BCUT2D eigenvalue weighted by atomic mass is 16.1. The Balaban J connectivity index is 2.62. The highest BCUT2D eigenvalue weighted by Crippen LogP contribution is 2.32. The molecule has 1 nitrogen and oxygen atoms in total. The molecule has 0 saturated carbocycles. The molecule has 0 radical (unpaired) electrons.